The number of rotatable bonds is 8. The third-order valence-corrected chi connectivity index (χ3v) is 6.67. The maximum absolute atomic E-state index is 8.97. The average Bonchev–Trinajstić information content (AvgIpc) is 3.16. The first-order valence-electron chi connectivity index (χ1n) is 11.2. The second-order valence-corrected chi connectivity index (χ2v) is 8.43. The van der Waals surface area contributed by atoms with Gasteiger partial charge in [-0.3, -0.25) is 0 Å². The lowest BCUT2D eigenvalue weighted by Crippen LogP contribution is -2.35. The quantitative estimate of drug-likeness (QED) is 0.412. The van der Waals surface area contributed by atoms with Gasteiger partial charge in [0.15, 0.2) is 0 Å². The zero-order valence-electron chi connectivity index (χ0n) is 18.1. The molecule has 0 aliphatic heterocycles. The van der Waals surface area contributed by atoms with Crippen LogP contribution in [-0.4, -0.2) is 39.5 Å². The van der Waals surface area contributed by atoms with Crippen LogP contribution in [-0.2, 0) is 16.7 Å². The molecule has 0 radical (unpaired) electrons. The Labute approximate surface area is 187 Å². The summed E-state index contributed by atoms with van der Waals surface area (Å²) in [4.78, 5) is 8.23. The van der Waals surface area contributed by atoms with Gasteiger partial charge in [0.1, 0.15) is 0 Å². The van der Waals surface area contributed by atoms with Crippen molar-refractivity contribution in [3.8, 4) is 11.1 Å². The van der Waals surface area contributed by atoms with Crippen molar-refractivity contribution in [1.29, 1.82) is 0 Å². The molecule has 2 heterocycles. The van der Waals surface area contributed by atoms with Gasteiger partial charge in [0.05, 0.1) is 19.8 Å². The van der Waals surface area contributed by atoms with E-state index >= 15 is 0 Å². The number of hydrogen-bond acceptors (Lipinski definition) is 5. The molecule has 0 unspecified atom stereocenters. The molecule has 1 aliphatic rings. The Hall–Kier alpha value is -3.22. The van der Waals surface area contributed by atoms with E-state index in [0.29, 0.717) is 13.2 Å². The van der Waals surface area contributed by atoms with Crippen LogP contribution >= 0.6 is 0 Å². The van der Waals surface area contributed by atoms with Crippen molar-refractivity contribution in [2.45, 2.75) is 31.2 Å². The SMILES string of the molecule is Nc1ncc(-c2ccc(C3(c4cn(CCOCCO)c5ccccc45)CCC3)cc2)cn1. The van der Waals surface area contributed by atoms with Crippen LogP contribution in [0.5, 0.6) is 0 Å². The number of hydrogen-bond donors (Lipinski definition) is 2. The fraction of sp³-hybridized carbons (Fsp3) is 0.308. The van der Waals surface area contributed by atoms with Crippen molar-refractivity contribution in [1.82, 2.24) is 14.5 Å². The minimum Gasteiger partial charge on any atom is -0.394 e. The molecular formula is C26H28N4O2. The average molecular weight is 429 g/mol. The minimum absolute atomic E-state index is 0.0347. The maximum Gasteiger partial charge on any atom is 0.219 e. The van der Waals surface area contributed by atoms with Crippen molar-refractivity contribution in [2.24, 2.45) is 0 Å². The van der Waals surface area contributed by atoms with Gasteiger partial charge in [0.2, 0.25) is 5.95 Å². The monoisotopic (exact) mass is 428 g/mol. The van der Waals surface area contributed by atoms with E-state index in [2.05, 4.69) is 69.3 Å². The number of nitrogen functional groups attached to an aromatic ring is 1. The lowest BCUT2D eigenvalue weighted by molar-refractivity contribution is 0.0875. The molecule has 6 heteroatoms. The van der Waals surface area contributed by atoms with Gasteiger partial charge in [-0.05, 0) is 35.6 Å². The Kier molecular flexibility index (Phi) is 5.64. The van der Waals surface area contributed by atoms with Gasteiger partial charge >= 0.3 is 0 Å². The molecule has 0 saturated heterocycles. The third kappa shape index (κ3) is 3.66. The largest absolute Gasteiger partial charge is 0.394 e. The van der Waals surface area contributed by atoms with E-state index in [9.17, 15) is 0 Å². The van der Waals surface area contributed by atoms with Gasteiger partial charge in [-0.25, -0.2) is 9.97 Å². The molecule has 32 heavy (non-hydrogen) atoms. The molecule has 3 N–H and O–H groups in total. The van der Waals surface area contributed by atoms with Crippen molar-refractivity contribution in [3.63, 3.8) is 0 Å². The van der Waals surface area contributed by atoms with Crippen LogP contribution in [0.15, 0.2) is 67.1 Å². The number of aliphatic hydroxyl groups is 1. The van der Waals surface area contributed by atoms with Crippen LogP contribution in [0.4, 0.5) is 5.95 Å². The molecule has 164 valence electrons. The van der Waals surface area contributed by atoms with Crippen LogP contribution in [0, 0.1) is 0 Å². The Morgan fingerprint density at radius 2 is 1.72 bits per heavy atom. The zero-order chi connectivity index (χ0) is 22.0. The van der Waals surface area contributed by atoms with Crippen LogP contribution in [0.25, 0.3) is 22.0 Å². The molecule has 1 saturated carbocycles. The van der Waals surface area contributed by atoms with E-state index in [-0.39, 0.29) is 18.0 Å². The van der Waals surface area contributed by atoms with Crippen molar-refractivity contribution < 1.29 is 9.84 Å². The molecule has 0 atom stereocenters. The molecule has 0 bridgehead atoms. The molecule has 0 spiro atoms. The molecular weight excluding hydrogens is 400 g/mol. The second kappa shape index (κ2) is 8.73. The molecule has 1 aliphatic carbocycles. The highest BCUT2D eigenvalue weighted by atomic mass is 16.5. The van der Waals surface area contributed by atoms with Crippen molar-refractivity contribution >= 4 is 16.9 Å². The van der Waals surface area contributed by atoms with E-state index < -0.39 is 0 Å². The topological polar surface area (TPSA) is 86.2 Å². The summed E-state index contributed by atoms with van der Waals surface area (Å²) in [7, 11) is 0. The lowest BCUT2D eigenvalue weighted by atomic mass is 9.60. The Morgan fingerprint density at radius 3 is 2.41 bits per heavy atom. The number of para-hydroxylation sites is 1. The zero-order valence-corrected chi connectivity index (χ0v) is 18.1. The number of benzene rings is 2. The number of ether oxygens (including phenoxy) is 1. The predicted molar refractivity (Wildman–Crippen MR) is 126 cm³/mol. The van der Waals surface area contributed by atoms with Gasteiger partial charge < -0.3 is 20.1 Å². The van der Waals surface area contributed by atoms with Gasteiger partial charge in [0, 0.05) is 47.0 Å². The molecule has 0 amide bonds. The minimum atomic E-state index is 0.0347. The van der Waals surface area contributed by atoms with E-state index in [1.807, 2.05) is 0 Å². The highest BCUT2D eigenvalue weighted by molar-refractivity contribution is 5.86. The number of nitrogens with zero attached hydrogens (tertiary/aromatic N) is 3. The fourth-order valence-corrected chi connectivity index (χ4v) is 4.86. The number of fused-ring (bicyclic) bond motifs is 1. The Bertz CT molecular complexity index is 1190. The molecule has 2 aromatic carbocycles. The first kappa shape index (κ1) is 20.7. The van der Waals surface area contributed by atoms with Crippen molar-refractivity contribution in [3.05, 3.63) is 78.2 Å². The fourth-order valence-electron chi connectivity index (χ4n) is 4.86. The van der Waals surface area contributed by atoms with Crippen LogP contribution in [0.3, 0.4) is 0 Å². The van der Waals surface area contributed by atoms with Gasteiger partial charge in [0.25, 0.3) is 0 Å². The summed E-state index contributed by atoms with van der Waals surface area (Å²) >= 11 is 0. The number of nitrogens with two attached hydrogens (primary N) is 1. The number of anilines is 1. The van der Waals surface area contributed by atoms with Crippen molar-refractivity contribution in [2.75, 3.05) is 25.6 Å². The van der Waals surface area contributed by atoms with Crippen LogP contribution in [0.1, 0.15) is 30.4 Å². The Balaban J connectivity index is 1.49. The Morgan fingerprint density at radius 1 is 0.969 bits per heavy atom. The summed E-state index contributed by atoms with van der Waals surface area (Å²) in [5, 5.41) is 10.3. The van der Waals surface area contributed by atoms with Gasteiger partial charge in [-0.2, -0.15) is 0 Å². The van der Waals surface area contributed by atoms with Crippen LogP contribution in [0.2, 0.25) is 0 Å². The smallest absolute Gasteiger partial charge is 0.219 e. The summed E-state index contributed by atoms with van der Waals surface area (Å²) in [5.74, 6) is 0.289. The highest BCUT2D eigenvalue weighted by Gasteiger charge is 2.42. The summed E-state index contributed by atoms with van der Waals surface area (Å²) in [6, 6.07) is 17.4. The van der Waals surface area contributed by atoms with Gasteiger partial charge in [-0.15, -0.1) is 0 Å². The van der Waals surface area contributed by atoms with Gasteiger partial charge in [-0.1, -0.05) is 48.9 Å². The lowest BCUT2D eigenvalue weighted by Gasteiger charge is -2.43. The molecule has 2 aromatic heterocycles. The summed E-state index contributed by atoms with van der Waals surface area (Å²) in [6.45, 7) is 1.79. The van der Waals surface area contributed by atoms with E-state index in [1.165, 1.54) is 28.5 Å². The first-order chi connectivity index (χ1) is 15.7. The third-order valence-electron chi connectivity index (χ3n) is 6.67. The molecule has 1 fully saturated rings. The van der Waals surface area contributed by atoms with E-state index in [4.69, 9.17) is 15.6 Å². The van der Waals surface area contributed by atoms with E-state index in [1.54, 1.807) is 12.4 Å². The summed E-state index contributed by atoms with van der Waals surface area (Å²) in [5.41, 5.74) is 11.7. The molecule has 6 nitrogen and oxygen atoms in total. The standard InChI is InChI=1S/C26H28N4O2/c27-25-28-16-20(17-29-25)19-6-8-21(9-7-19)26(10-3-11-26)23-18-30(12-14-32-15-13-31)24-5-2-1-4-22(23)24/h1-2,4-9,16-18,31H,3,10-15H2,(H2,27,28,29). The summed E-state index contributed by atoms with van der Waals surface area (Å²) < 4.78 is 7.82. The predicted octanol–water partition coefficient (Wildman–Crippen LogP) is 4.16. The molecule has 4 aromatic rings. The van der Waals surface area contributed by atoms with E-state index in [0.717, 1.165) is 30.5 Å². The normalized spacial score (nSPS) is 15.0. The second-order valence-electron chi connectivity index (χ2n) is 8.43. The first-order valence-corrected chi connectivity index (χ1v) is 11.2. The summed E-state index contributed by atoms with van der Waals surface area (Å²) in [6.07, 6.45) is 9.37. The number of aliphatic hydroxyl groups excluding tert-OH is 1. The maximum atomic E-state index is 8.97. The number of aromatic nitrogens is 3. The molecule has 5 rings (SSSR count). The van der Waals surface area contributed by atoms with Crippen LogP contribution < -0.4 is 5.73 Å². The highest BCUT2D eigenvalue weighted by Crippen LogP contribution is 2.51.